The molecule has 9 nitrogen and oxygen atoms in total. The molecule has 2 aromatic heterocycles. The maximum atomic E-state index is 13.9. The van der Waals surface area contributed by atoms with Crippen molar-refractivity contribution >= 4 is 21.7 Å². The van der Waals surface area contributed by atoms with Crippen LogP contribution in [-0.4, -0.2) is 69.3 Å². The van der Waals surface area contributed by atoms with E-state index >= 15 is 0 Å². The summed E-state index contributed by atoms with van der Waals surface area (Å²) < 4.78 is 42.0. The summed E-state index contributed by atoms with van der Waals surface area (Å²) in [5.41, 5.74) is 1.58. The maximum Gasteiger partial charge on any atom is 0.293 e. The van der Waals surface area contributed by atoms with Crippen molar-refractivity contribution in [1.82, 2.24) is 28.8 Å². The van der Waals surface area contributed by atoms with Crippen molar-refractivity contribution in [3.05, 3.63) is 53.4 Å². The SMILES string of the molecule is Cc1cc(C)n2nc(C(=O)N3CCN(S(=O)(=O)c4ccccc4F)CC3)nc2n1. The Bertz CT molecular complexity index is 1200. The molecule has 1 fully saturated rings. The number of carbonyl (C=O) groups is 1. The monoisotopic (exact) mass is 418 g/mol. The molecule has 0 atom stereocenters. The van der Waals surface area contributed by atoms with E-state index < -0.39 is 21.7 Å². The molecule has 0 saturated carbocycles. The first-order chi connectivity index (χ1) is 13.8. The third-order valence-electron chi connectivity index (χ3n) is 4.79. The van der Waals surface area contributed by atoms with Crippen LogP contribution in [0.5, 0.6) is 0 Å². The van der Waals surface area contributed by atoms with Gasteiger partial charge in [0.1, 0.15) is 10.7 Å². The van der Waals surface area contributed by atoms with Crippen LogP contribution in [-0.2, 0) is 10.0 Å². The molecule has 1 amide bonds. The number of hydrogen-bond donors (Lipinski definition) is 0. The van der Waals surface area contributed by atoms with E-state index in [1.54, 1.807) is 0 Å². The zero-order valence-electron chi connectivity index (χ0n) is 15.9. The number of hydrogen-bond acceptors (Lipinski definition) is 6. The van der Waals surface area contributed by atoms with Gasteiger partial charge in [0.25, 0.3) is 11.7 Å². The van der Waals surface area contributed by atoms with Gasteiger partial charge in [-0.05, 0) is 32.0 Å². The molecule has 4 rings (SSSR count). The average Bonchev–Trinajstić information content (AvgIpc) is 3.12. The van der Waals surface area contributed by atoms with Crippen molar-refractivity contribution < 1.29 is 17.6 Å². The Labute approximate surface area is 166 Å². The number of nitrogens with zero attached hydrogens (tertiary/aromatic N) is 6. The van der Waals surface area contributed by atoms with Crippen LogP contribution in [0, 0.1) is 19.7 Å². The molecular formula is C18H19FN6O3S. The molecule has 29 heavy (non-hydrogen) atoms. The summed E-state index contributed by atoms with van der Waals surface area (Å²) in [6.45, 7) is 4.12. The first-order valence-corrected chi connectivity index (χ1v) is 10.5. The highest BCUT2D eigenvalue weighted by molar-refractivity contribution is 7.89. The van der Waals surface area contributed by atoms with Gasteiger partial charge in [-0.3, -0.25) is 4.79 Å². The minimum absolute atomic E-state index is 0.0108. The molecule has 1 saturated heterocycles. The first-order valence-electron chi connectivity index (χ1n) is 9.02. The van der Waals surface area contributed by atoms with E-state index in [0.717, 1.165) is 17.5 Å². The molecule has 0 spiro atoms. The normalized spacial score (nSPS) is 15.8. The van der Waals surface area contributed by atoms with Crippen LogP contribution in [0.25, 0.3) is 5.78 Å². The summed E-state index contributed by atoms with van der Waals surface area (Å²) in [7, 11) is -3.96. The minimum atomic E-state index is -3.96. The molecule has 152 valence electrons. The van der Waals surface area contributed by atoms with Gasteiger partial charge in [0.05, 0.1) is 0 Å². The number of piperazine rings is 1. The van der Waals surface area contributed by atoms with E-state index in [1.807, 2.05) is 19.9 Å². The second-order valence-corrected chi connectivity index (χ2v) is 8.72. The van der Waals surface area contributed by atoms with Gasteiger partial charge in [-0.1, -0.05) is 12.1 Å². The lowest BCUT2D eigenvalue weighted by molar-refractivity contribution is 0.0685. The molecule has 0 radical (unpaired) electrons. The van der Waals surface area contributed by atoms with E-state index in [1.165, 1.54) is 31.9 Å². The largest absolute Gasteiger partial charge is 0.333 e. The van der Waals surface area contributed by atoms with E-state index in [4.69, 9.17) is 0 Å². The second-order valence-electron chi connectivity index (χ2n) is 6.81. The molecule has 1 aliphatic rings. The Kier molecular flexibility index (Phi) is 4.79. The summed E-state index contributed by atoms with van der Waals surface area (Å²) in [4.78, 5) is 22.4. The Morgan fingerprint density at radius 1 is 1.07 bits per heavy atom. The molecule has 0 bridgehead atoms. The summed E-state index contributed by atoms with van der Waals surface area (Å²) in [5, 5.41) is 4.23. The lowest BCUT2D eigenvalue weighted by atomic mass is 10.3. The predicted molar refractivity (Wildman–Crippen MR) is 101 cm³/mol. The number of halogens is 1. The zero-order chi connectivity index (χ0) is 20.8. The Balaban J connectivity index is 1.50. The van der Waals surface area contributed by atoms with Crippen molar-refractivity contribution in [2.75, 3.05) is 26.2 Å². The van der Waals surface area contributed by atoms with Gasteiger partial charge >= 0.3 is 0 Å². The van der Waals surface area contributed by atoms with Gasteiger partial charge < -0.3 is 4.90 Å². The van der Waals surface area contributed by atoms with Crippen LogP contribution in [0.1, 0.15) is 22.0 Å². The van der Waals surface area contributed by atoms with Crippen LogP contribution < -0.4 is 0 Å². The lowest BCUT2D eigenvalue weighted by Crippen LogP contribution is -2.50. The predicted octanol–water partition coefficient (Wildman–Crippen LogP) is 1.03. The molecule has 1 aromatic carbocycles. The number of aromatic nitrogens is 4. The summed E-state index contributed by atoms with van der Waals surface area (Å²) in [6, 6.07) is 7.09. The Morgan fingerprint density at radius 2 is 1.76 bits per heavy atom. The van der Waals surface area contributed by atoms with Crippen LogP contribution in [0.15, 0.2) is 35.2 Å². The van der Waals surface area contributed by atoms with Crippen LogP contribution in [0.3, 0.4) is 0 Å². The lowest BCUT2D eigenvalue weighted by Gasteiger charge is -2.33. The topological polar surface area (TPSA) is 101 Å². The summed E-state index contributed by atoms with van der Waals surface area (Å²) in [6.07, 6.45) is 0. The Morgan fingerprint density at radius 3 is 2.45 bits per heavy atom. The van der Waals surface area contributed by atoms with Gasteiger partial charge in [-0.25, -0.2) is 22.3 Å². The zero-order valence-corrected chi connectivity index (χ0v) is 16.7. The van der Waals surface area contributed by atoms with Crippen LogP contribution in [0.2, 0.25) is 0 Å². The Hall–Kier alpha value is -2.92. The van der Waals surface area contributed by atoms with E-state index in [9.17, 15) is 17.6 Å². The molecule has 0 N–H and O–H groups in total. The summed E-state index contributed by atoms with van der Waals surface area (Å²) >= 11 is 0. The van der Waals surface area contributed by atoms with Crippen LogP contribution >= 0.6 is 0 Å². The maximum absolute atomic E-state index is 13.9. The fourth-order valence-electron chi connectivity index (χ4n) is 3.32. The summed E-state index contributed by atoms with van der Waals surface area (Å²) in [5.74, 6) is -0.836. The number of amides is 1. The fourth-order valence-corrected chi connectivity index (χ4v) is 4.81. The molecular weight excluding hydrogens is 399 g/mol. The minimum Gasteiger partial charge on any atom is -0.333 e. The smallest absolute Gasteiger partial charge is 0.293 e. The number of aryl methyl sites for hydroxylation is 2. The van der Waals surface area contributed by atoms with Crippen molar-refractivity contribution in [1.29, 1.82) is 0 Å². The fraction of sp³-hybridized carbons (Fsp3) is 0.333. The first kappa shape index (κ1) is 19.4. The average molecular weight is 418 g/mol. The standard InChI is InChI=1S/C18H19FN6O3S/c1-12-11-13(2)25-18(20-12)21-16(22-25)17(26)23-7-9-24(10-8-23)29(27,28)15-6-4-3-5-14(15)19/h3-6,11H,7-10H2,1-2H3. The molecule has 11 heteroatoms. The molecule has 1 aliphatic heterocycles. The van der Waals surface area contributed by atoms with Gasteiger partial charge in [-0.2, -0.15) is 9.29 Å². The number of benzene rings is 1. The van der Waals surface area contributed by atoms with Crippen LogP contribution in [0.4, 0.5) is 4.39 Å². The second kappa shape index (κ2) is 7.16. The number of fused-ring (bicyclic) bond motifs is 1. The molecule has 0 unspecified atom stereocenters. The van der Waals surface area contributed by atoms with Gasteiger partial charge in [0.2, 0.25) is 15.8 Å². The molecule has 0 aliphatic carbocycles. The van der Waals surface area contributed by atoms with Crippen molar-refractivity contribution in [3.63, 3.8) is 0 Å². The van der Waals surface area contributed by atoms with Crippen molar-refractivity contribution in [2.24, 2.45) is 0 Å². The van der Waals surface area contributed by atoms with E-state index in [2.05, 4.69) is 15.1 Å². The molecule has 3 aromatic rings. The van der Waals surface area contributed by atoms with E-state index in [0.29, 0.717) is 5.78 Å². The highest BCUT2D eigenvalue weighted by atomic mass is 32.2. The number of carbonyl (C=O) groups excluding carboxylic acids is 1. The number of rotatable bonds is 3. The molecule has 3 heterocycles. The van der Waals surface area contributed by atoms with Crippen molar-refractivity contribution in [2.45, 2.75) is 18.7 Å². The quantitative estimate of drug-likeness (QED) is 0.630. The van der Waals surface area contributed by atoms with E-state index in [-0.39, 0.29) is 36.9 Å². The highest BCUT2D eigenvalue weighted by Gasteiger charge is 2.33. The third kappa shape index (κ3) is 3.47. The van der Waals surface area contributed by atoms with Gasteiger partial charge in [0, 0.05) is 37.6 Å². The third-order valence-corrected chi connectivity index (χ3v) is 6.72. The number of sulfonamides is 1. The van der Waals surface area contributed by atoms with Gasteiger partial charge in [0.15, 0.2) is 0 Å². The highest BCUT2D eigenvalue weighted by Crippen LogP contribution is 2.20. The van der Waals surface area contributed by atoms with Gasteiger partial charge in [-0.15, -0.1) is 5.10 Å². The van der Waals surface area contributed by atoms with Crippen molar-refractivity contribution in [3.8, 4) is 0 Å².